The molecule has 192 valence electrons. The second-order valence-electron chi connectivity index (χ2n) is 9.62. The minimum atomic E-state index is -3.51. The maximum atomic E-state index is 14.7. The number of fused-ring (bicyclic) bond motifs is 2. The number of ether oxygens (including phenoxy) is 3. The van der Waals surface area contributed by atoms with Crippen LogP contribution in [0.5, 0.6) is 17.5 Å². The van der Waals surface area contributed by atoms with Crippen molar-refractivity contribution in [3.05, 3.63) is 48.1 Å². The van der Waals surface area contributed by atoms with Gasteiger partial charge in [0.1, 0.15) is 12.4 Å². The molecule has 0 radical (unpaired) electrons. The molecule has 1 aliphatic carbocycles. The summed E-state index contributed by atoms with van der Waals surface area (Å²) >= 11 is 0. The summed E-state index contributed by atoms with van der Waals surface area (Å²) in [6.07, 6.45) is 6.86. The number of amides is 1. The molecule has 3 heterocycles. The van der Waals surface area contributed by atoms with E-state index >= 15 is 0 Å². The lowest BCUT2D eigenvalue weighted by Crippen LogP contribution is -2.50. The van der Waals surface area contributed by atoms with Crippen LogP contribution in [0.2, 0.25) is 0 Å². The molecule has 3 atom stereocenters. The monoisotopic (exact) mass is 517 g/mol. The molecular weight excluding hydrogens is 489 g/mol. The lowest BCUT2D eigenvalue weighted by atomic mass is 9.99. The fraction of sp³-hybridized carbons (Fsp3) is 0.480. The van der Waals surface area contributed by atoms with Gasteiger partial charge in [-0.05, 0) is 51.8 Å². The highest BCUT2D eigenvalue weighted by molar-refractivity contribution is 7.92. The van der Waals surface area contributed by atoms with Crippen LogP contribution in [0, 0.1) is 12.7 Å². The number of piperidine rings is 1. The second kappa shape index (κ2) is 9.34. The number of halogens is 1. The third-order valence-electron chi connectivity index (χ3n) is 6.50. The van der Waals surface area contributed by atoms with Gasteiger partial charge in [0.25, 0.3) is 0 Å². The molecule has 2 aromatic rings. The van der Waals surface area contributed by atoms with Crippen LogP contribution in [-0.4, -0.2) is 58.9 Å². The molecule has 11 heteroatoms. The van der Waals surface area contributed by atoms with Crippen molar-refractivity contribution in [2.24, 2.45) is 0 Å². The minimum absolute atomic E-state index is 0.0508. The molecule has 36 heavy (non-hydrogen) atoms. The van der Waals surface area contributed by atoms with Crippen LogP contribution in [0.25, 0.3) is 0 Å². The first-order valence-electron chi connectivity index (χ1n) is 12.0. The average Bonchev–Trinajstić information content (AvgIpc) is 3.63. The molecular formula is C25H28FN3O6S. The van der Waals surface area contributed by atoms with Gasteiger partial charge >= 0.3 is 6.09 Å². The Morgan fingerprint density at radius 1 is 1.11 bits per heavy atom. The van der Waals surface area contributed by atoms with Crippen molar-refractivity contribution in [3.8, 4) is 17.5 Å². The standard InChI is InChI=1S/C25H28FN3O6S/c1-14(2)33-25(30)29-16-4-5-17(29)11-18(10-16)34-23-15(3)24(28-13-27-23)35-22-9-8-20(12-21(22)26)36(31,32)19-6-7-19/h4-5,8-9,12-14,16-19H,6-7,10-11H2,1-3H3/t16-,17?,18-/m0/s1. The van der Waals surface area contributed by atoms with Crippen LogP contribution in [0.4, 0.5) is 9.18 Å². The van der Waals surface area contributed by atoms with Crippen LogP contribution < -0.4 is 9.47 Å². The number of benzene rings is 1. The van der Waals surface area contributed by atoms with Crippen molar-refractivity contribution in [2.45, 2.75) is 80.9 Å². The van der Waals surface area contributed by atoms with Gasteiger partial charge in [-0.3, -0.25) is 4.90 Å². The van der Waals surface area contributed by atoms with Crippen LogP contribution in [-0.2, 0) is 14.6 Å². The van der Waals surface area contributed by atoms with E-state index in [2.05, 4.69) is 9.97 Å². The first kappa shape index (κ1) is 24.5. The van der Waals surface area contributed by atoms with Gasteiger partial charge in [-0.1, -0.05) is 12.2 Å². The van der Waals surface area contributed by atoms with Gasteiger partial charge in [0.15, 0.2) is 21.4 Å². The zero-order valence-corrected chi connectivity index (χ0v) is 21.1. The van der Waals surface area contributed by atoms with E-state index in [9.17, 15) is 17.6 Å². The molecule has 1 aromatic carbocycles. The molecule has 5 rings (SSSR count). The number of hydrogen-bond donors (Lipinski definition) is 0. The highest BCUT2D eigenvalue weighted by atomic mass is 32.2. The van der Waals surface area contributed by atoms with E-state index in [1.165, 1.54) is 18.5 Å². The number of hydrogen-bond acceptors (Lipinski definition) is 8. The summed E-state index contributed by atoms with van der Waals surface area (Å²) in [4.78, 5) is 22.5. The number of carbonyl (C=O) groups excluding carboxylic acids is 1. The van der Waals surface area contributed by atoms with E-state index in [1.54, 1.807) is 11.8 Å². The Morgan fingerprint density at radius 3 is 2.39 bits per heavy atom. The molecule has 0 N–H and O–H groups in total. The number of sulfone groups is 1. The summed E-state index contributed by atoms with van der Waals surface area (Å²) in [6.45, 7) is 5.34. The van der Waals surface area contributed by atoms with Crippen molar-refractivity contribution in [1.29, 1.82) is 0 Å². The Labute approximate surface area is 209 Å². The van der Waals surface area contributed by atoms with Crippen molar-refractivity contribution >= 4 is 15.9 Å². The molecule has 1 aromatic heterocycles. The Balaban J connectivity index is 1.27. The van der Waals surface area contributed by atoms with Crippen molar-refractivity contribution in [2.75, 3.05) is 0 Å². The average molecular weight is 518 g/mol. The summed E-state index contributed by atoms with van der Waals surface area (Å²) in [5.41, 5.74) is 0.480. The molecule has 1 amide bonds. The van der Waals surface area contributed by atoms with Crippen molar-refractivity contribution in [3.63, 3.8) is 0 Å². The normalized spacial score (nSPS) is 23.1. The Bertz CT molecular complexity index is 1290. The zero-order valence-electron chi connectivity index (χ0n) is 20.3. The maximum Gasteiger partial charge on any atom is 0.411 e. The Morgan fingerprint density at radius 2 is 1.78 bits per heavy atom. The molecule has 1 unspecified atom stereocenters. The fourth-order valence-corrected chi connectivity index (χ4v) is 6.22. The predicted molar refractivity (Wildman–Crippen MR) is 127 cm³/mol. The van der Waals surface area contributed by atoms with Crippen LogP contribution >= 0.6 is 0 Å². The molecule has 1 saturated carbocycles. The van der Waals surface area contributed by atoms with Gasteiger partial charge in [-0.2, -0.15) is 0 Å². The first-order chi connectivity index (χ1) is 17.1. The van der Waals surface area contributed by atoms with Gasteiger partial charge in [-0.15, -0.1) is 0 Å². The minimum Gasteiger partial charge on any atom is -0.474 e. The molecule has 3 aliphatic rings. The first-order valence-corrected chi connectivity index (χ1v) is 13.5. The van der Waals surface area contributed by atoms with Crippen molar-refractivity contribution < 1.29 is 31.8 Å². The fourth-order valence-electron chi connectivity index (χ4n) is 4.55. The quantitative estimate of drug-likeness (QED) is 0.499. The van der Waals surface area contributed by atoms with Gasteiger partial charge in [-0.25, -0.2) is 27.6 Å². The second-order valence-corrected chi connectivity index (χ2v) is 11.8. The van der Waals surface area contributed by atoms with Gasteiger partial charge in [0.05, 0.1) is 33.9 Å². The highest BCUT2D eigenvalue weighted by Gasteiger charge is 2.42. The lowest BCUT2D eigenvalue weighted by molar-refractivity contribution is 0.0263. The zero-order chi connectivity index (χ0) is 25.6. The van der Waals surface area contributed by atoms with Gasteiger partial charge < -0.3 is 14.2 Å². The highest BCUT2D eigenvalue weighted by Crippen LogP contribution is 2.37. The maximum absolute atomic E-state index is 14.7. The van der Waals surface area contributed by atoms with E-state index in [0.29, 0.717) is 37.1 Å². The van der Waals surface area contributed by atoms with E-state index in [-0.39, 0.29) is 46.9 Å². The summed E-state index contributed by atoms with van der Waals surface area (Å²) in [6, 6.07) is 3.37. The van der Waals surface area contributed by atoms with Crippen LogP contribution in [0.3, 0.4) is 0 Å². The third-order valence-corrected chi connectivity index (χ3v) is 8.76. The molecule has 2 fully saturated rings. The molecule has 0 spiro atoms. The number of nitrogens with zero attached hydrogens (tertiary/aromatic N) is 3. The Hall–Kier alpha value is -3.21. The van der Waals surface area contributed by atoms with Crippen LogP contribution in [0.1, 0.15) is 45.1 Å². The summed E-state index contributed by atoms with van der Waals surface area (Å²) in [7, 11) is -3.51. The molecule has 9 nitrogen and oxygen atoms in total. The summed E-state index contributed by atoms with van der Waals surface area (Å²) < 4.78 is 56.7. The number of aromatic nitrogens is 2. The Kier molecular flexibility index (Phi) is 6.36. The van der Waals surface area contributed by atoms with Crippen LogP contribution in [0.15, 0.2) is 41.6 Å². The third kappa shape index (κ3) is 4.76. The van der Waals surface area contributed by atoms with Gasteiger partial charge in [0, 0.05) is 12.8 Å². The summed E-state index contributed by atoms with van der Waals surface area (Å²) in [5.74, 6) is -0.524. The topological polar surface area (TPSA) is 108 Å². The smallest absolute Gasteiger partial charge is 0.411 e. The van der Waals surface area contributed by atoms with E-state index in [1.807, 2.05) is 26.0 Å². The number of carbonyl (C=O) groups is 1. The summed E-state index contributed by atoms with van der Waals surface area (Å²) in [5, 5.41) is -0.425. The van der Waals surface area contributed by atoms with Gasteiger partial charge in [0.2, 0.25) is 11.8 Å². The lowest BCUT2D eigenvalue weighted by Gasteiger charge is -2.38. The van der Waals surface area contributed by atoms with E-state index in [4.69, 9.17) is 14.2 Å². The van der Waals surface area contributed by atoms with E-state index in [0.717, 1.165) is 6.07 Å². The molecule has 2 bridgehead atoms. The molecule has 1 saturated heterocycles. The predicted octanol–water partition coefficient (Wildman–Crippen LogP) is 4.35. The SMILES string of the molecule is Cc1c(Oc2ccc(S(=O)(=O)C3CC3)cc2F)ncnc1O[C@@H]1CC2C=C[C@@H](C1)N2C(=O)OC(C)C. The molecule has 2 aliphatic heterocycles. The number of rotatable bonds is 7. The largest absolute Gasteiger partial charge is 0.474 e. The van der Waals surface area contributed by atoms with E-state index < -0.39 is 20.9 Å². The van der Waals surface area contributed by atoms with Crippen molar-refractivity contribution in [1.82, 2.24) is 14.9 Å².